The molecule has 7 nitrogen and oxygen atoms in total. The van der Waals surface area contributed by atoms with Gasteiger partial charge in [0.05, 0.1) is 27.6 Å². The molecule has 1 N–H and O–H groups in total. The quantitative estimate of drug-likeness (QED) is 0.399. The van der Waals surface area contributed by atoms with Gasteiger partial charge in [0.15, 0.2) is 0 Å². The third-order valence-electron chi connectivity index (χ3n) is 7.39. The molecule has 2 amide bonds. The Balaban J connectivity index is 1.42. The Labute approximate surface area is 234 Å². The molecular formula is C30H32ClN3O4S. The summed E-state index contributed by atoms with van der Waals surface area (Å²) >= 11 is 6.05. The maximum absolute atomic E-state index is 13.8. The van der Waals surface area contributed by atoms with Gasteiger partial charge in [-0.05, 0) is 86.3 Å². The molecule has 204 valence electrons. The van der Waals surface area contributed by atoms with Crippen LogP contribution in [0, 0.1) is 5.92 Å². The van der Waals surface area contributed by atoms with Crippen LogP contribution in [0.5, 0.6) is 0 Å². The maximum atomic E-state index is 13.8. The Bertz CT molecular complexity index is 1490. The van der Waals surface area contributed by atoms with Crippen LogP contribution in [0.15, 0.2) is 76.5 Å². The Hall–Kier alpha value is -3.20. The minimum absolute atomic E-state index is 0.00877. The van der Waals surface area contributed by atoms with Crippen LogP contribution in [0.25, 0.3) is 0 Å². The van der Waals surface area contributed by atoms with Gasteiger partial charge in [-0.3, -0.25) is 9.59 Å². The molecule has 0 saturated carbocycles. The van der Waals surface area contributed by atoms with E-state index >= 15 is 0 Å². The molecule has 5 rings (SSSR count). The standard InChI is InChI=1S/C30H32ClN3O4S/c1-21-6-4-16-33(19-21)17-5-15-32-29(35)23-11-14-28-26(18-23)34(20-22-9-12-24(31)13-10-22)30(36)25-7-2-3-8-27(25)39(28,37)38/h2-3,7-14,18,21H,4-6,15-17,19-20H2,1H3,(H,32,35). The molecule has 3 aromatic rings. The number of fused-ring (bicyclic) bond motifs is 2. The van der Waals surface area contributed by atoms with Crippen molar-refractivity contribution in [3.8, 4) is 0 Å². The average Bonchev–Trinajstić information content (AvgIpc) is 3.00. The number of rotatable bonds is 7. The predicted molar refractivity (Wildman–Crippen MR) is 152 cm³/mol. The number of nitrogens with one attached hydrogen (secondary N) is 1. The molecule has 1 atom stereocenters. The second-order valence-electron chi connectivity index (χ2n) is 10.4. The molecule has 39 heavy (non-hydrogen) atoms. The van der Waals surface area contributed by atoms with Gasteiger partial charge in [-0.25, -0.2) is 8.42 Å². The van der Waals surface area contributed by atoms with Crippen molar-refractivity contribution >= 4 is 38.9 Å². The number of hydrogen-bond acceptors (Lipinski definition) is 5. The van der Waals surface area contributed by atoms with Gasteiger partial charge in [0, 0.05) is 23.7 Å². The van der Waals surface area contributed by atoms with Crippen molar-refractivity contribution in [2.75, 3.05) is 31.1 Å². The third kappa shape index (κ3) is 5.88. The molecule has 0 aromatic heterocycles. The van der Waals surface area contributed by atoms with E-state index in [4.69, 9.17) is 11.6 Å². The number of nitrogens with zero attached hydrogens (tertiary/aromatic N) is 2. The zero-order chi connectivity index (χ0) is 27.6. The molecule has 2 aliphatic heterocycles. The molecule has 1 saturated heterocycles. The largest absolute Gasteiger partial charge is 0.352 e. The number of benzene rings is 3. The number of piperidine rings is 1. The van der Waals surface area contributed by atoms with Crippen molar-refractivity contribution in [1.29, 1.82) is 0 Å². The number of halogens is 1. The van der Waals surface area contributed by atoms with Crippen molar-refractivity contribution in [3.05, 3.63) is 88.4 Å². The highest BCUT2D eigenvalue weighted by Crippen LogP contribution is 2.38. The van der Waals surface area contributed by atoms with E-state index in [1.54, 1.807) is 36.4 Å². The fourth-order valence-corrected chi connectivity index (χ4v) is 7.13. The number of anilines is 1. The summed E-state index contributed by atoms with van der Waals surface area (Å²) in [5.74, 6) is -0.0482. The highest BCUT2D eigenvalue weighted by atomic mass is 35.5. The molecular weight excluding hydrogens is 534 g/mol. The molecule has 3 aromatic carbocycles. The Morgan fingerprint density at radius 3 is 2.59 bits per heavy atom. The van der Waals surface area contributed by atoms with Crippen LogP contribution in [-0.4, -0.2) is 51.3 Å². The molecule has 9 heteroatoms. The van der Waals surface area contributed by atoms with Gasteiger partial charge >= 0.3 is 0 Å². The van der Waals surface area contributed by atoms with E-state index in [1.165, 1.54) is 48.1 Å². The molecule has 0 spiro atoms. The number of carbonyl (C=O) groups excluding carboxylic acids is 2. The van der Waals surface area contributed by atoms with Crippen LogP contribution in [0.2, 0.25) is 5.02 Å². The smallest absolute Gasteiger partial charge is 0.259 e. The number of likely N-dealkylation sites (tertiary alicyclic amines) is 1. The van der Waals surface area contributed by atoms with Gasteiger partial charge in [-0.2, -0.15) is 0 Å². The summed E-state index contributed by atoms with van der Waals surface area (Å²) in [6.45, 7) is 6.01. The minimum atomic E-state index is -4.00. The fourth-order valence-electron chi connectivity index (χ4n) is 5.37. The van der Waals surface area contributed by atoms with Gasteiger partial charge < -0.3 is 15.1 Å². The normalized spacial score (nSPS) is 18.7. The van der Waals surface area contributed by atoms with Crippen LogP contribution in [0.3, 0.4) is 0 Å². The minimum Gasteiger partial charge on any atom is -0.352 e. The number of sulfone groups is 1. The molecule has 0 aliphatic carbocycles. The first kappa shape index (κ1) is 27.4. The van der Waals surface area contributed by atoms with Gasteiger partial charge in [0.1, 0.15) is 0 Å². The van der Waals surface area contributed by atoms with Crippen molar-refractivity contribution in [2.24, 2.45) is 5.92 Å². The molecule has 1 unspecified atom stereocenters. The summed E-state index contributed by atoms with van der Waals surface area (Å²) in [6.07, 6.45) is 3.30. The fraction of sp³-hybridized carbons (Fsp3) is 0.333. The van der Waals surface area contributed by atoms with E-state index in [0.717, 1.165) is 31.6 Å². The van der Waals surface area contributed by atoms with E-state index in [1.807, 2.05) is 0 Å². The summed E-state index contributed by atoms with van der Waals surface area (Å²) < 4.78 is 27.3. The Morgan fingerprint density at radius 2 is 1.82 bits per heavy atom. The van der Waals surface area contributed by atoms with E-state index in [2.05, 4.69) is 17.1 Å². The summed E-state index contributed by atoms with van der Waals surface area (Å²) in [5.41, 5.74) is 1.36. The lowest BCUT2D eigenvalue weighted by Gasteiger charge is -2.30. The number of carbonyl (C=O) groups is 2. The summed E-state index contributed by atoms with van der Waals surface area (Å²) in [7, 11) is -4.00. The SMILES string of the molecule is CC1CCCN(CCCNC(=O)c2ccc3c(c2)N(Cc2ccc(Cl)cc2)C(=O)c2ccccc2S3(=O)=O)C1. The summed E-state index contributed by atoms with van der Waals surface area (Å²) in [6, 6.07) is 17.7. The van der Waals surface area contributed by atoms with Gasteiger partial charge in [0.25, 0.3) is 11.8 Å². The van der Waals surface area contributed by atoms with Gasteiger partial charge in [-0.15, -0.1) is 0 Å². The second kappa shape index (κ2) is 11.5. The molecule has 2 heterocycles. The summed E-state index contributed by atoms with van der Waals surface area (Å²) in [5, 5.41) is 3.52. The lowest BCUT2D eigenvalue weighted by atomic mass is 10.0. The molecule has 2 aliphatic rings. The Morgan fingerprint density at radius 1 is 1.05 bits per heavy atom. The highest BCUT2D eigenvalue weighted by Gasteiger charge is 2.36. The predicted octanol–water partition coefficient (Wildman–Crippen LogP) is 5.19. The Kier molecular flexibility index (Phi) is 8.07. The first-order valence-electron chi connectivity index (χ1n) is 13.3. The first-order valence-corrected chi connectivity index (χ1v) is 15.1. The highest BCUT2D eigenvalue weighted by molar-refractivity contribution is 7.91. The van der Waals surface area contributed by atoms with Gasteiger partial charge in [-0.1, -0.05) is 42.8 Å². The topological polar surface area (TPSA) is 86.8 Å². The van der Waals surface area contributed by atoms with E-state index < -0.39 is 15.7 Å². The second-order valence-corrected chi connectivity index (χ2v) is 12.7. The first-order chi connectivity index (χ1) is 18.7. The summed E-state index contributed by atoms with van der Waals surface area (Å²) in [4.78, 5) is 30.7. The van der Waals surface area contributed by atoms with Crippen LogP contribution >= 0.6 is 11.6 Å². The number of amides is 2. The van der Waals surface area contributed by atoms with Crippen molar-refractivity contribution < 1.29 is 18.0 Å². The van der Waals surface area contributed by atoms with Crippen molar-refractivity contribution in [2.45, 2.75) is 42.5 Å². The van der Waals surface area contributed by atoms with Crippen LogP contribution in [0.1, 0.15) is 52.5 Å². The van der Waals surface area contributed by atoms with E-state index in [9.17, 15) is 18.0 Å². The zero-order valence-electron chi connectivity index (χ0n) is 21.9. The monoisotopic (exact) mass is 565 g/mol. The average molecular weight is 566 g/mol. The molecule has 0 bridgehead atoms. The van der Waals surface area contributed by atoms with Crippen LogP contribution in [-0.2, 0) is 16.4 Å². The van der Waals surface area contributed by atoms with Crippen LogP contribution in [0.4, 0.5) is 5.69 Å². The van der Waals surface area contributed by atoms with Crippen molar-refractivity contribution in [3.63, 3.8) is 0 Å². The maximum Gasteiger partial charge on any atom is 0.259 e. The van der Waals surface area contributed by atoms with E-state index in [0.29, 0.717) is 23.0 Å². The van der Waals surface area contributed by atoms with Gasteiger partial charge in [0.2, 0.25) is 9.84 Å². The van der Waals surface area contributed by atoms with Crippen LogP contribution < -0.4 is 10.2 Å². The lowest BCUT2D eigenvalue weighted by Crippen LogP contribution is -2.36. The molecule has 1 fully saturated rings. The van der Waals surface area contributed by atoms with Crippen molar-refractivity contribution in [1.82, 2.24) is 10.2 Å². The zero-order valence-corrected chi connectivity index (χ0v) is 23.5. The third-order valence-corrected chi connectivity index (χ3v) is 9.50. The van der Waals surface area contributed by atoms with E-state index in [-0.39, 0.29) is 33.5 Å². The number of hydrogen-bond donors (Lipinski definition) is 1. The molecule has 0 radical (unpaired) electrons. The lowest BCUT2D eigenvalue weighted by molar-refractivity contribution is 0.0946.